The van der Waals surface area contributed by atoms with Crippen LogP contribution in [0, 0.1) is 5.92 Å². The van der Waals surface area contributed by atoms with Crippen molar-refractivity contribution >= 4 is 28.8 Å². The van der Waals surface area contributed by atoms with Crippen molar-refractivity contribution in [2.24, 2.45) is 10.9 Å². The Bertz CT molecular complexity index is 1010. The zero-order valence-corrected chi connectivity index (χ0v) is 18.5. The molecule has 1 aromatic heterocycles. The van der Waals surface area contributed by atoms with Gasteiger partial charge in [-0.2, -0.15) is 0 Å². The molecule has 0 spiro atoms. The summed E-state index contributed by atoms with van der Waals surface area (Å²) in [6.45, 7) is 8.70. The third kappa shape index (κ3) is 5.66. The summed E-state index contributed by atoms with van der Waals surface area (Å²) in [6, 6.07) is 8.22. The number of aliphatic imine (C=N–C) groups is 1. The van der Waals surface area contributed by atoms with E-state index in [9.17, 15) is 0 Å². The summed E-state index contributed by atoms with van der Waals surface area (Å²) < 4.78 is 6.24. The molecule has 0 radical (unpaired) electrons. The Morgan fingerprint density at radius 1 is 1.23 bits per heavy atom. The second kappa shape index (κ2) is 9.98. The molecule has 7 heteroatoms. The highest BCUT2D eigenvalue weighted by Crippen LogP contribution is 2.27. The van der Waals surface area contributed by atoms with E-state index in [-0.39, 0.29) is 0 Å². The topological polar surface area (TPSA) is 70.6 Å². The second-order valence-corrected chi connectivity index (χ2v) is 8.28. The molecule has 3 N–H and O–H groups in total. The number of nitrogens with one attached hydrogen (secondary N) is 3. The van der Waals surface area contributed by atoms with Crippen LogP contribution in [-0.2, 0) is 12.8 Å². The van der Waals surface area contributed by atoms with Crippen LogP contribution in [0.1, 0.15) is 24.5 Å². The molecule has 1 saturated heterocycles. The molecule has 0 amide bonds. The summed E-state index contributed by atoms with van der Waals surface area (Å²) in [6.07, 6.45) is 8.30. The minimum atomic E-state index is 0.478. The van der Waals surface area contributed by atoms with Gasteiger partial charge in [-0.25, -0.2) is 4.99 Å². The van der Waals surface area contributed by atoms with Crippen molar-refractivity contribution in [3.8, 4) is 5.75 Å². The van der Waals surface area contributed by atoms with Gasteiger partial charge in [-0.15, -0.1) is 0 Å². The van der Waals surface area contributed by atoms with Crippen molar-refractivity contribution in [2.75, 3.05) is 30.3 Å². The van der Waals surface area contributed by atoms with Gasteiger partial charge in [-0.05, 0) is 68.1 Å². The molecule has 4 rings (SSSR count). The van der Waals surface area contributed by atoms with Gasteiger partial charge >= 0.3 is 0 Å². The number of aromatic nitrogens is 1. The maximum Gasteiger partial charge on any atom is 0.151 e. The van der Waals surface area contributed by atoms with Gasteiger partial charge < -0.3 is 20.7 Å². The number of hydrogen-bond donors (Lipinski definition) is 3. The van der Waals surface area contributed by atoms with Crippen LogP contribution in [-0.4, -0.2) is 30.5 Å². The number of aryl methyl sites for hydroxylation is 2. The molecule has 162 valence electrons. The third-order valence-corrected chi connectivity index (χ3v) is 5.85. The van der Waals surface area contributed by atoms with E-state index < -0.39 is 0 Å². The van der Waals surface area contributed by atoms with E-state index in [0.29, 0.717) is 22.6 Å². The lowest BCUT2D eigenvalue weighted by molar-refractivity contribution is 0.258. The molecule has 0 saturated carbocycles. The lowest BCUT2D eigenvalue weighted by Gasteiger charge is -2.17. The molecular weight excluding hydrogens is 410 g/mol. The molecule has 4 bridgehead atoms. The predicted octanol–water partition coefficient (Wildman–Crippen LogP) is 4.70. The fourth-order valence-corrected chi connectivity index (χ4v) is 3.86. The number of fused-ring (bicyclic) bond motifs is 4. The molecule has 1 atom stereocenters. The van der Waals surface area contributed by atoms with E-state index in [1.165, 1.54) is 0 Å². The van der Waals surface area contributed by atoms with Crippen LogP contribution < -0.4 is 20.7 Å². The average Bonchev–Trinajstić information content (AvgIpc) is 3.29. The van der Waals surface area contributed by atoms with Gasteiger partial charge in [0, 0.05) is 24.3 Å². The van der Waals surface area contributed by atoms with Crippen LogP contribution in [0.25, 0.3) is 0 Å². The smallest absolute Gasteiger partial charge is 0.151 e. The van der Waals surface area contributed by atoms with Crippen molar-refractivity contribution in [1.82, 2.24) is 10.3 Å². The van der Waals surface area contributed by atoms with Crippen LogP contribution in [0.15, 0.2) is 65.2 Å². The monoisotopic (exact) mass is 437 g/mol. The molecule has 1 aromatic carbocycles. The first kappa shape index (κ1) is 21.4. The minimum Gasteiger partial charge on any atom is -0.493 e. The van der Waals surface area contributed by atoms with Crippen LogP contribution in [0.5, 0.6) is 5.75 Å². The van der Waals surface area contributed by atoms with Crippen molar-refractivity contribution < 1.29 is 4.74 Å². The van der Waals surface area contributed by atoms with E-state index in [1.54, 1.807) is 12.3 Å². The van der Waals surface area contributed by atoms with Crippen LogP contribution in [0.4, 0.5) is 11.4 Å². The van der Waals surface area contributed by atoms with Crippen molar-refractivity contribution in [2.45, 2.75) is 26.2 Å². The molecule has 31 heavy (non-hydrogen) atoms. The number of allylic oxidation sites excluding steroid dienone is 1. The summed E-state index contributed by atoms with van der Waals surface area (Å²) in [7, 11) is 0. The van der Waals surface area contributed by atoms with Gasteiger partial charge in [0.2, 0.25) is 0 Å². The first-order chi connectivity index (χ1) is 15.1. The van der Waals surface area contributed by atoms with E-state index >= 15 is 0 Å². The quantitative estimate of drug-likeness (QED) is 0.646. The lowest BCUT2D eigenvalue weighted by atomic mass is 10.0. The highest BCUT2D eigenvalue weighted by atomic mass is 35.5. The Morgan fingerprint density at radius 2 is 2.13 bits per heavy atom. The fourth-order valence-electron chi connectivity index (χ4n) is 3.77. The Balaban J connectivity index is 1.67. The fraction of sp³-hybridized carbons (Fsp3) is 0.333. The van der Waals surface area contributed by atoms with E-state index in [2.05, 4.69) is 44.6 Å². The summed E-state index contributed by atoms with van der Waals surface area (Å²) in [4.78, 5) is 8.92. The number of anilines is 2. The van der Waals surface area contributed by atoms with Gasteiger partial charge in [0.15, 0.2) is 5.84 Å². The second-order valence-electron chi connectivity index (χ2n) is 7.87. The Kier molecular flexibility index (Phi) is 6.89. The van der Waals surface area contributed by atoms with Crippen LogP contribution >= 0.6 is 11.6 Å². The van der Waals surface area contributed by atoms with Crippen LogP contribution in [0.3, 0.4) is 0 Å². The first-order valence-corrected chi connectivity index (χ1v) is 11.0. The van der Waals surface area contributed by atoms with E-state index in [4.69, 9.17) is 16.3 Å². The number of ether oxygens (including phenoxy) is 1. The number of nitrogens with zero attached hydrogens (tertiary/aromatic N) is 2. The molecule has 3 heterocycles. The van der Waals surface area contributed by atoms with Gasteiger partial charge in [0.1, 0.15) is 11.6 Å². The number of benzene rings is 1. The standard InChI is InChI=1S/C24H28ClN5O/c1-3-22(25)24-29-16(2)28-21-10-17(12-27-14-21)4-5-19-11-20(30-24)6-7-23(19)31-15-18-8-9-26-13-18/h3,6-7,10-12,14,18,26,28H,2,4-5,8-9,13,15H2,1H3,(H,29,30)/b22-3+. The van der Waals surface area contributed by atoms with Crippen LogP contribution in [0.2, 0.25) is 0 Å². The summed E-state index contributed by atoms with van der Waals surface area (Å²) in [5.41, 5.74) is 4.03. The zero-order valence-electron chi connectivity index (χ0n) is 17.7. The number of hydrogen-bond acceptors (Lipinski definition) is 6. The lowest BCUT2D eigenvalue weighted by Crippen LogP contribution is -2.16. The number of amidine groups is 1. The predicted molar refractivity (Wildman–Crippen MR) is 128 cm³/mol. The van der Waals surface area contributed by atoms with Gasteiger partial charge in [0.05, 0.1) is 23.5 Å². The Morgan fingerprint density at radius 3 is 2.94 bits per heavy atom. The molecule has 2 aromatic rings. The summed E-state index contributed by atoms with van der Waals surface area (Å²) in [5.74, 6) is 2.49. The molecule has 2 aliphatic heterocycles. The summed E-state index contributed by atoms with van der Waals surface area (Å²) >= 11 is 6.42. The van der Waals surface area contributed by atoms with Gasteiger partial charge in [-0.3, -0.25) is 4.98 Å². The summed E-state index contributed by atoms with van der Waals surface area (Å²) in [5, 5.41) is 10.4. The normalized spacial score (nSPS) is 21.0. The van der Waals surface area contributed by atoms with Gasteiger partial charge in [-0.1, -0.05) is 24.3 Å². The molecular formula is C24H28ClN5O. The third-order valence-electron chi connectivity index (χ3n) is 5.45. The zero-order chi connectivity index (χ0) is 21.6. The molecule has 1 fully saturated rings. The Labute approximate surface area is 188 Å². The van der Waals surface area contributed by atoms with E-state index in [0.717, 1.165) is 67.2 Å². The number of pyridine rings is 1. The van der Waals surface area contributed by atoms with Crippen molar-refractivity contribution in [1.29, 1.82) is 0 Å². The largest absolute Gasteiger partial charge is 0.493 e. The number of rotatable bonds is 4. The minimum absolute atomic E-state index is 0.478. The highest BCUT2D eigenvalue weighted by Gasteiger charge is 2.17. The number of halogens is 1. The molecule has 2 aliphatic rings. The van der Waals surface area contributed by atoms with Crippen molar-refractivity contribution in [3.05, 3.63) is 71.3 Å². The molecule has 0 aliphatic carbocycles. The maximum absolute atomic E-state index is 6.42. The SMILES string of the molecule is C=C1/N=C(\C(Cl)=C/C)Nc2ccc(OCC3CCNC3)c(c2)CCc2cncc(c2)N1. The van der Waals surface area contributed by atoms with E-state index in [1.807, 2.05) is 25.3 Å². The van der Waals surface area contributed by atoms with Crippen molar-refractivity contribution in [3.63, 3.8) is 0 Å². The van der Waals surface area contributed by atoms with Gasteiger partial charge in [0.25, 0.3) is 0 Å². The molecule has 6 nitrogen and oxygen atoms in total. The first-order valence-electron chi connectivity index (χ1n) is 10.6. The average molecular weight is 438 g/mol. The maximum atomic E-state index is 6.42. The molecule has 1 unspecified atom stereocenters. The highest BCUT2D eigenvalue weighted by molar-refractivity contribution is 6.45. The Hall–Kier alpha value is -2.83.